The highest BCUT2D eigenvalue weighted by Gasteiger charge is 2.11. The fourth-order valence-electron chi connectivity index (χ4n) is 1.80. The van der Waals surface area contributed by atoms with Crippen molar-refractivity contribution in [3.63, 3.8) is 0 Å². The topological polar surface area (TPSA) is 12.0 Å². The first kappa shape index (κ1) is 13.9. The smallest absolute Gasteiger partial charge is 0.0639 e. The van der Waals surface area contributed by atoms with Crippen molar-refractivity contribution in [2.24, 2.45) is 0 Å². The summed E-state index contributed by atoms with van der Waals surface area (Å²) in [5, 5.41) is 6.84. The van der Waals surface area contributed by atoms with Crippen LogP contribution in [0, 0.1) is 6.92 Å². The number of halogens is 2. The molecule has 1 aromatic carbocycles. The molecule has 2 rings (SSSR count). The number of rotatable bonds is 4. The largest absolute Gasteiger partial charge is 0.305 e. The standard InChI is InChI=1S/C14H15Cl2NS/c1-9-6-7-18-13(9)8-17-10(2)11-4-3-5-12(15)14(11)16/h3-7,10,17H,8H2,1-2H3. The van der Waals surface area contributed by atoms with Gasteiger partial charge in [0.2, 0.25) is 0 Å². The van der Waals surface area contributed by atoms with Gasteiger partial charge in [-0.15, -0.1) is 11.3 Å². The number of hydrogen-bond donors (Lipinski definition) is 1. The van der Waals surface area contributed by atoms with E-state index in [-0.39, 0.29) is 6.04 Å². The number of thiophene rings is 1. The highest BCUT2D eigenvalue weighted by Crippen LogP contribution is 2.30. The lowest BCUT2D eigenvalue weighted by Crippen LogP contribution is -2.18. The third kappa shape index (κ3) is 3.07. The molecular formula is C14H15Cl2NS. The number of benzene rings is 1. The van der Waals surface area contributed by atoms with Gasteiger partial charge >= 0.3 is 0 Å². The number of aryl methyl sites for hydroxylation is 1. The van der Waals surface area contributed by atoms with E-state index < -0.39 is 0 Å². The molecule has 0 radical (unpaired) electrons. The summed E-state index contributed by atoms with van der Waals surface area (Å²) >= 11 is 14.0. The molecule has 0 aliphatic heterocycles. The van der Waals surface area contributed by atoms with Crippen LogP contribution in [0.2, 0.25) is 10.0 Å². The maximum atomic E-state index is 6.21. The summed E-state index contributed by atoms with van der Waals surface area (Å²) in [4.78, 5) is 1.36. The van der Waals surface area contributed by atoms with E-state index in [1.54, 1.807) is 11.3 Å². The van der Waals surface area contributed by atoms with Crippen molar-refractivity contribution < 1.29 is 0 Å². The molecular weight excluding hydrogens is 285 g/mol. The predicted molar refractivity (Wildman–Crippen MR) is 80.8 cm³/mol. The second kappa shape index (κ2) is 6.07. The molecule has 0 bridgehead atoms. The molecule has 0 spiro atoms. The van der Waals surface area contributed by atoms with Gasteiger partial charge in [0.15, 0.2) is 0 Å². The van der Waals surface area contributed by atoms with E-state index in [0.717, 1.165) is 12.1 Å². The van der Waals surface area contributed by atoms with E-state index in [2.05, 4.69) is 30.6 Å². The zero-order chi connectivity index (χ0) is 13.1. The molecule has 1 unspecified atom stereocenters. The van der Waals surface area contributed by atoms with Crippen molar-refractivity contribution in [1.82, 2.24) is 5.32 Å². The van der Waals surface area contributed by atoms with Crippen LogP contribution in [-0.2, 0) is 6.54 Å². The highest BCUT2D eigenvalue weighted by molar-refractivity contribution is 7.10. The molecule has 1 atom stereocenters. The van der Waals surface area contributed by atoms with Crippen LogP contribution >= 0.6 is 34.5 Å². The van der Waals surface area contributed by atoms with E-state index >= 15 is 0 Å². The minimum Gasteiger partial charge on any atom is -0.305 e. The minimum atomic E-state index is 0.178. The van der Waals surface area contributed by atoms with Gasteiger partial charge in [-0.2, -0.15) is 0 Å². The third-order valence-corrected chi connectivity index (χ3v) is 4.84. The van der Waals surface area contributed by atoms with E-state index in [1.807, 2.05) is 18.2 Å². The molecule has 18 heavy (non-hydrogen) atoms. The Morgan fingerprint density at radius 1 is 1.28 bits per heavy atom. The summed E-state index contributed by atoms with van der Waals surface area (Å²) in [7, 11) is 0. The summed E-state index contributed by atoms with van der Waals surface area (Å²) in [6, 6.07) is 8.06. The van der Waals surface area contributed by atoms with Gasteiger partial charge in [0.05, 0.1) is 10.0 Å². The van der Waals surface area contributed by atoms with Crippen molar-refractivity contribution in [2.45, 2.75) is 26.4 Å². The molecule has 1 heterocycles. The summed E-state index contributed by atoms with van der Waals surface area (Å²) in [5.41, 5.74) is 2.37. The van der Waals surface area contributed by atoms with Crippen LogP contribution in [0.1, 0.15) is 29.0 Å². The van der Waals surface area contributed by atoms with Crippen molar-refractivity contribution >= 4 is 34.5 Å². The van der Waals surface area contributed by atoms with Gasteiger partial charge in [-0.3, -0.25) is 0 Å². The fourth-order valence-corrected chi connectivity index (χ4v) is 3.12. The molecule has 1 N–H and O–H groups in total. The molecule has 0 saturated heterocycles. The van der Waals surface area contributed by atoms with Crippen LogP contribution in [0.5, 0.6) is 0 Å². The predicted octanol–water partition coefficient (Wildman–Crippen LogP) is 5.21. The highest BCUT2D eigenvalue weighted by atomic mass is 35.5. The van der Waals surface area contributed by atoms with Gasteiger partial charge in [-0.05, 0) is 42.5 Å². The Labute approximate surface area is 122 Å². The molecule has 1 nitrogen and oxygen atoms in total. The maximum absolute atomic E-state index is 6.21. The molecule has 0 aliphatic rings. The summed E-state index contributed by atoms with van der Waals surface area (Å²) < 4.78 is 0. The van der Waals surface area contributed by atoms with E-state index in [9.17, 15) is 0 Å². The van der Waals surface area contributed by atoms with Gasteiger partial charge in [-0.1, -0.05) is 35.3 Å². The average molecular weight is 300 g/mol. The van der Waals surface area contributed by atoms with Gasteiger partial charge in [0.25, 0.3) is 0 Å². The molecule has 96 valence electrons. The summed E-state index contributed by atoms with van der Waals surface area (Å²) in [6.45, 7) is 5.08. The van der Waals surface area contributed by atoms with Crippen LogP contribution in [0.4, 0.5) is 0 Å². The van der Waals surface area contributed by atoms with Crippen LogP contribution in [0.3, 0.4) is 0 Å². The van der Waals surface area contributed by atoms with Gasteiger partial charge in [0, 0.05) is 17.5 Å². The first-order valence-corrected chi connectivity index (χ1v) is 7.43. The van der Waals surface area contributed by atoms with Crippen LogP contribution in [0.25, 0.3) is 0 Å². The molecule has 0 fully saturated rings. The van der Waals surface area contributed by atoms with Gasteiger partial charge in [0.1, 0.15) is 0 Å². The second-order valence-corrected chi connectivity index (χ2v) is 6.06. The average Bonchev–Trinajstić information content (AvgIpc) is 2.75. The third-order valence-electron chi connectivity index (χ3n) is 2.98. The van der Waals surface area contributed by atoms with E-state index in [0.29, 0.717) is 10.0 Å². The van der Waals surface area contributed by atoms with Crippen molar-refractivity contribution in [1.29, 1.82) is 0 Å². The quantitative estimate of drug-likeness (QED) is 0.817. The van der Waals surface area contributed by atoms with Crippen LogP contribution in [-0.4, -0.2) is 0 Å². The lowest BCUT2D eigenvalue weighted by atomic mass is 10.1. The lowest BCUT2D eigenvalue weighted by molar-refractivity contribution is 0.578. The first-order chi connectivity index (χ1) is 8.59. The molecule has 2 aromatic rings. The molecule has 4 heteroatoms. The maximum Gasteiger partial charge on any atom is 0.0639 e. The monoisotopic (exact) mass is 299 g/mol. The molecule has 0 saturated carbocycles. The minimum absolute atomic E-state index is 0.178. The Morgan fingerprint density at radius 3 is 2.72 bits per heavy atom. The molecule has 0 amide bonds. The Kier molecular flexibility index (Phi) is 4.68. The second-order valence-electron chi connectivity index (χ2n) is 4.27. The Balaban J connectivity index is 2.06. The first-order valence-electron chi connectivity index (χ1n) is 5.80. The summed E-state index contributed by atoms with van der Waals surface area (Å²) in [6.07, 6.45) is 0. The summed E-state index contributed by atoms with van der Waals surface area (Å²) in [5.74, 6) is 0. The van der Waals surface area contributed by atoms with Gasteiger partial charge < -0.3 is 5.32 Å². The fraction of sp³-hybridized carbons (Fsp3) is 0.286. The molecule has 0 aliphatic carbocycles. The Bertz CT molecular complexity index is 536. The van der Waals surface area contributed by atoms with Crippen LogP contribution in [0.15, 0.2) is 29.6 Å². The van der Waals surface area contributed by atoms with Gasteiger partial charge in [-0.25, -0.2) is 0 Å². The zero-order valence-electron chi connectivity index (χ0n) is 10.3. The van der Waals surface area contributed by atoms with Crippen molar-refractivity contribution in [2.75, 3.05) is 0 Å². The van der Waals surface area contributed by atoms with Crippen molar-refractivity contribution in [3.8, 4) is 0 Å². The van der Waals surface area contributed by atoms with E-state index in [4.69, 9.17) is 23.2 Å². The number of hydrogen-bond acceptors (Lipinski definition) is 2. The van der Waals surface area contributed by atoms with E-state index in [1.165, 1.54) is 10.4 Å². The van der Waals surface area contributed by atoms with Crippen molar-refractivity contribution in [3.05, 3.63) is 55.7 Å². The zero-order valence-corrected chi connectivity index (χ0v) is 12.7. The number of nitrogens with one attached hydrogen (secondary N) is 1. The Morgan fingerprint density at radius 2 is 2.06 bits per heavy atom. The molecule has 1 aromatic heterocycles. The Hall–Kier alpha value is -0.540. The lowest BCUT2D eigenvalue weighted by Gasteiger charge is -2.16. The SMILES string of the molecule is Cc1ccsc1CNC(C)c1cccc(Cl)c1Cl. The van der Waals surface area contributed by atoms with Crippen LogP contribution < -0.4 is 5.32 Å². The normalized spacial score (nSPS) is 12.7.